The monoisotopic (exact) mass is 331 g/mol. The van der Waals surface area contributed by atoms with E-state index in [1.165, 1.54) is 0 Å². The summed E-state index contributed by atoms with van der Waals surface area (Å²) in [7, 11) is 0. The number of aromatic amines is 1. The number of aromatic nitrogens is 1. The third-order valence-corrected chi connectivity index (χ3v) is 4.00. The molecule has 2 aromatic heterocycles. The highest BCUT2D eigenvalue weighted by molar-refractivity contribution is 5.96. The molecule has 124 valence electrons. The molecule has 25 heavy (non-hydrogen) atoms. The second-order valence-electron chi connectivity index (χ2n) is 5.70. The molecule has 0 bridgehead atoms. The third kappa shape index (κ3) is 3.26. The minimum Gasteiger partial charge on any atom is -0.467 e. The Morgan fingerprint density at radius 3 is 2.68 bits per heavy atom. The quantitative estimate of drug-likeness (QED) is 0.505. The molecular formula is C20H17N3O2. The molecule has 0 saturated heterocycles. The Morgan fingerprint density at radius 2 is 1.84 bits per heavy atom. The van der Waals surface area contributed by atoms with Gasteiger partial charge in [0.05, 0.1) is 18.5 Å². The lowest BCUT2D eigenvalue weighted by atomic mass is 10.1. The number of urea groups is 1. The van der Waals surface area contributed by atoms with Crippen molar-refractivity contribution in [2.75, 3.05) is 5.32 Å². The summed E-state index contributed by atoms with van der Waals surface area (Å²) in [4.78, 5) is 15.6. The molecule has 0 spiro atoms. The molecule has 0 unspecified atom stereocenters. The van der Waals surface area contributed by atoms with Crippen LogP contribution in [-0.4, -0.2) is 11.0 Å². The molecule has 2 amide bonds. The van der Waals surface area contributed by atoms with Crippen molar-refractivity contribution in [1.82, 2.24) is 10.3 Å². The number of benzene rings is 2. The van der Waals surface area contributed by atoms with Crippen LogP contribution in [-0.2, 0) is 6.54 Å². The number of amides is 2. The zero-order valence-electron chi connectivity index (χ0n) is 13.5. The van der Waals surface area contributed by atoms with Crippen LogP contribution in [0.15, 0.2) is 77.4 Å². The second-order valence-corrected chi connectivity index (χ2v) is 5.70. The topological polar surface area (TPSA) is 70.1 Å². The van der Waals surface area contributed by atoms with Gasteiger partial charge in [-0.15, -0.1) is 0 Å². The van der Waals surface area contributed by atoms with Crippen LogP contribution in [0.5, 0.6) is 0 Å². The van der Waals surface area contributed by atoms with E-state index in [2.05, 4.69) is 27.8 Å². The van der Waals surface area contributed by atoms with E-state index >= 15 is 0 Å². The molecule has 0 aliphatic heterocycles. The lowest BCUT2D eigenvalue weighted by Gasteiger charge is -2.10. The summed E-state index contributed by atoms with van der Waals surface area (Å²) in [5, 5.41) is 6.82. The van der Waals surface area contributed by atoms with E-state index in [1.807, 2.05) is 48.5 Å². The van der Waals surface area contributed by atoms with Gasteiger partial charge in [0.2, 0.25) is 0 Å². The summed E-state index contributed by atoms with van der Waals surface area (Å²) >= 11 is 0. The van der Waals surface area contributed by atoms with Crippen LogP contribution < -0.4 is 10.6 Å². The predicted molar refractivity (Wildman–Crippen MR) is 98.3 cm³/mol. The van der Waals surface area contributed by atoms with Gasteiger partial charge in [0, 0.05) is 22.2 Å². The van der Waals surface area contributed by atoms with Gasteiger partial charge >= 0.3 is 6.03 Å². The molecule has 0 aliphatic rings. The first kappa shape index (κ1) is 15.1. The number of carbonyl (C=O) groups is 1. The number of anilines is 1. The zero-order chi connectivity index (χ0) is 17.1. The average Bonchev–Trinajstić information content (AvgIpc) is 3.30. The van der Waals surface area contributed by atoms with E-state index in [4.69, 9.17) is 4.42 Å². The number of hydrogen-bond donors (Lipinski definition) is 3. The molecule has 3 N–H and O–H groups in total. The fourth-order valence-corrected chi connectivity index (χ4v) is 2.79. The van der Waals surface area contributed by atoms with Gasteiger partial charge in [0.15, 0.2) is 0 Å². The number of carbonyl (C=O) groups excluding carboxylic acids is 1. The number of H-pyrrole nitrogens is 1. The van der Waals surface area contributed by atoms with Gasteiger partial charge in [-0.3, -0.25) is 0 Å². The molecule has 4 rings (SSSR count). The smallest absolute Gasteiger partial charge is 0.319 e. The molecule has 0 radical (unpaired) electrons. The summed E-state index contributed by atoms with van der Waals surface area (Å²) in [5.74, 6) is 0.707. The lowest BCUT2D eigenvalue weighted by molar-refractivity contribution is 0.251. The summed E-state index contributed by atoms with van der Waals surface area (Å²) < 4.78 is 5.21. The number of furan rings is 1. The minimum atomic E-state index is -0.278. The summed E-state index contributed by atoms with van der Waals surface area (Å²) in [5.41, 5.74) is 3.70. The third-order valence-electron chi connectivity index (χ3n) is 4.00. The summed E-state index contributed by atoms with van der Waals surface area (Å²) in [6.45, 7) is 0.341. The first-order chi connectivity index (χ1) is 12.3. The van der Waals surface area contributed by atoms with E-state index in [0.29, 0.717) is 12.3 Å². The van der Waals surface area contributed by atoms with Crippen molar-refractivity contribution < 1.29 is 9.21 Å². The Hall–Kier alpha value is -3.47. The molecule has 0 aliphatic carbocycles. The van der Waals surface area contributed by atoms with Gasteiger partial charge in [-0.05, 0) is 30.3 Å². The maximum atomic E-state index is 12.2. The van der Waals surface area contributed by atoms with Gasteiger partial charge in [-0.25, -0.2) is 4.79 Å². The van der Waals surface area contributed by atoms with E-state index in [1.54, 1.807) is 12.3 Å². The normalized spacial score (nSPS) is 10.7. The molecular weight excluding hydrogens is 314 g/mol. The molecule has 0 fully saturated rings. The SMILES string of the molecule is O=C(NCc1ccco1)Nc1ccccc1-c1cc2ccccc2[nH]1. The van der Waals surface area contributed by atoms with Gasteiger partial charge in [0.25, 0.3) is 0 Å². The first-order valence-corrected chi connectivity index (χ1v) is 8.04. The van der Waals surface area contributed by atoms with Crippen LogP contribution in [0.2, 0.25) is 0 Å². The highest BCUT2D eigenvalue weighted by Crippen LogP contribution is 2.29. The Bertz CT molecular complexity index is 970. The van der Waals surface area contributed by atoms with Gasteiger partial charge in [0.1, 0.15) is 5.76 Å². The molecule has 4 aromatic rings. The molecule has 2 heterocycles. The summed E-state index contributed by atoms with van der Waals surface area (Å²) in [6.07, 6.45) is 1.58. The van der Waals surface area contributed by atoms with E-state index in [0.717, 1.165) is 27.8 Å². The molecule has 2 aromatic carbocycles. The highest BCUT2D eigenvalue weighted by Gasteiger charge is 2.10. The van der Waals surface area contributed by atoms with Crippen molar-refractivity contribution in [2.45, 2.75) is 6.54 Å². The lowest BCUT2D eigenvalue weighted by Crippen LogP contribution is -2.28. The van der Waals surface area contributed by atoms with Crippen molar-refractivity contribution >= 4 is 22.6 Å². The standard InChI is InChI=1S/C20H17N3O2/c24-20(21-13-15-7-5-11-25-15)23-18-10-4-2-8-16(18)19-12-14-6-1-3-9-17(14)22-19/h1-12,22H,13H2,(H2,21,23,24). The summed E-state index contributed by atoms with van der Waals surface area (Å²) in [6, 6.07) is 21.2. The van der Waals surface area contributed by atoms with Crippen molar-refractivity contribution in [3.8, 4) is 11.3 Å². The minimum absolute atomic E-state index is 0.278. The Labute approximate surface area is 144 Å². The number of para-hydroxylation sites is 2. The fourth-order valence-electron chi connectivity index (χ4n) is 2.79. The predicted octanol–water partition coefficient (Wildman–Crippen LogP) is 4.75. The van der Waals surface area contributed by atoms with E-state index in [9.17, 15) is 4.79 Å². The Morgan fingerprint density at radius 1 is 1.00 bits per heavy atom. The molecule has 0 atom stereocenters. The van der Waals surface area contributed by atoms with Crippen molar-refractivity contribution in [3.63, 3.8) is 0 Å². The van der Waals surface area contributed by atoms with Crippen LogP contribution in [0, 0.1) is 0 Å². The zero-order valence-corrected chi connectivity index (χ0v) is 13.5. The van der Waals surface area contributed by atoms with Crippen LogP contribution >= 0.6 is 0 Å². The van der Waals surface area contributed by atoms with E-state index in [-0.39, 0.29) is 6.03 Å². The first-order valence-electron chi connectivity index (χ1n) is 8.04. The molecule has 5 nitrogen and oxygen atoms in total. The largest absolute Gasteiger partial charge is 0.467 e. The van der Waals surface area contributed by atoms with Gasteiger partial charge in [-0.1, -0.05) is 36.4 Å². The number of rotatable bonds is 4. The Balaban J connectivity index is 1.55. The molecule has 0 saturated carbocycles. The van der Waals surface area contributed by atoms with Crippen LogP contribution in [0.25, 0.3) is 22.2 Å². The van der Waals surface area contributed by atoms with Crippen LogP contribution in [0.4, 0.5) is 10.5 Å². The fraction of sp³-hybridized carbons (Fsp3) is 0.0500. The van der Waals surface area contributed by atoms with Crippen molar-refractivity contribution in [1.29, 1.82) is 0 Å². The Kier molecular flexibility index (Phi) is 3.96. The van der Waals surface area contributed by atoms with Gasteiger partial charge < -0.3 is 20.0 Å². The van der Waals surface area contributed by atoms with Crippen LogP contribution in [0.1, 0.15) is 5.76 Å². The van der Waals surface area contributed by atoms with Crippen molar-refractivity contribution in [2.24, 2.45) is 0 Å². The highest BCUT2D eigenvalue weighted by atomic mass is 16.3. The second kappa shape index (κ2) is 6.57. The number of hydrogen-bond acceptors (Lipinski definition) is 2. The average molecular weight is 331 g/mol. The molecule has 5 heteroatoms. The van der Waals surface area contributed by atoms with Crippen LogP contribution in [0.3, 0.4) is 0 Å². The van der Waals surface area contributed by atoms with E-state index < -0.39 is 0 Å². The van der Waals surface area contributed by atoms with Crippen molar-refractivity contribution in [3.05, 3.63) is 78.8 Å². The maximum Gasteiger partial charge on any atom is 0.319 e. The maximum absolute atomic E-state index is 12.2. The number of nitrogens with one attached hydrogen (secondary N) is 3. The van der Waals surface area contributed by atoms with Gasteiger partial charge in [-0.2, -0.15) is 0 Å². The number of fused-ring (bicyclic) bond motifs is 1.